The van der Waals surface area contributed by atoms with Crippen LogP contribution in [0.25, 0.3) is 0 Å². The van der Waals surface area contributed by atoms with Crippen LogP contribution in [0, 0.1) is 11.8 Å². The van der Waals surface area contributed by atoms with Gasteiger partial charge in [0, 0.05) is 18.6 Å². The number of hydrogen-bond donors (Lipinski definition) is 1. The molecule has 1 heterocycles. The second kappa shape index (κ2) is 7.04. The first-order chi connectivity index (χ1) is 8.73. The summed E-state index contributed by atoms with van der Waals surface area (Å²) in [6.07, 6.45) is 0. The lowest BCUT2D eigenvalue weighted by atomic mass is 10.0. The van der Waals surface area contributed by atoms with Gasteiger partial charge in [-0.15, -0.1) is 0 Å². The van der Waals surface area contributed by atoms with Crippen LogP contribution >= 0.6 is 0 Å². The van der Waals surface area contributed by atoms with Crippen LogP contribution in [0.3, 0.4) is 0 Å². The molecule has 1 rings (SSSR count). The minimum Gasteiger partial charge on any atom is -0.316 e. The first-order valence-corrected chi connectivity index (χ1v) is 9.22. The molecule has 1 aliphatic rings. The molecule has 3 atom stereocenters. The van der Waals surface area contributed by atoms with Crippen LogP contribution in [0.1, 0.15) is 34.6 Å². The van der Waals surface area contributed by atoms with E-state index in [0.717, 1.165) is 13.1 Å². The fraction of sp³-hybridized carbons (Fsp3) is 1.00. The van der Waals surface area contributed by atoms with Gasteiger partial charge in [0.25, 0.3) is 0 Å². The normalized spacial score (nSPS) is 27.4. The molecule has 0 aromatic carbocycles. The van der Waals surface area contributed by atoms with E-state index in [0.29, 0.717) is 35.9 Å². The van der Waals surface area contributed by atoms with E-state index in [2.05, 4.69) is 37.9 Å². The fourth-order valence-electron chi connectivity index (χ4n) is 2.71. The van der Waals surface area contributed by atoms with Gasteiger partial charge in [0.1, 0.15) is 0 Å². The number of sulfone groups is 1. The molecule has 0 radical (unpaired) electrons. The van der Waals surface area contributed by atoms with Crippen LogP contribution in [0.2, 0.25) is 0 Å². The zero-order valence-electron chi connectivity index (χ0n) is 13.0. The molecule has 0 amide bonds. The van der Waals surface area contributed by atoms with E-state index in [1.165, 1.54) is 0 Å². The predicted molar refractivity (Wildman–Crippen MR) is 81.2 cm³/mol. The molecule has 4 nitrogen and oxygen atoms in total. The van der Waals surface area contributed by atoms with Crippen LogP contribution < -0.4 is 5.32 Å². The molecule has 114 valence electrons. The Bertz CT molecular complexity index is 368. The zero-order chi connectivity index (χ0) is 14.6. The van der Waals surface area contributed by atoms with Gasteiger partial charge in [-0.1, -0.05) is 20.8 Å². The second-order valence-electron chi connectivity index (χ2n) is 6.47. The lowest BCUT2D eigenvalue weighted by molar-refractivity contribution is 0.127. The lowest BCUT2D eigenvalue weighted by Gasteiger charge is -2.40. The molecule has 1 aliphatic heterocycles. The molecular weight excluding hydrogens is 260 g/mol. The van der Waals surface area contributed by atoms with Crippen molar-refractivity contribution in [3.63, 3.8) is 0 Å². The summed E-state index contributed by atoms with van der Waals surface area (Å²) in [5, 5.41) is 3.49. The van der Waals surface area contributed by atoms with Gasteiger partial charge in [-0.3, -0.25) is 4.90 Å². The largest absolute Gasteiger partial charge is 0.316 e. The first-order valence-electron chi connectivity index (χ1n) is 7.40. The maximum absolute atomic E-state index is 11.6. The van der Waals surface area contributed by atoms with Gasteiger partial charge >= 0.3 is 0 Å². The van der Waals surface area contributed by atoms with Crippen LogP contribution in [-0.4, -0.2) is 56.5 Å². The average Bonchev–Trinajstić information content (AvgIpc) is 2.26. The molecule has 1 N–H and O–H groups in total. The predicted octanol–water partition coefficient (Wildman–Crippen LogP) is 1.38. The Labute approximate surface area is 118 Å². The summed E-state index contributed by atoms with van der Waals surface area (Å²) in [4.78, 5) is 2.35. The molecule has 1 saturated heterocycles. The standard InChI is InChI=1S/C14H30N2O2S/c1-11(2)8-15-9-12(3)14(5)16-6-7-19(17,18)10-13(16)4/h11-15H,6-10H2,1-5H3. The summed E-state index contributed by atoms with van der Waals surface area (Å²) >= 11 is 0. The number of rotatable bonds is 6. The highest BCUT2D eigenvalue weighted by Gasteiger charge is 2.32. The Morgan fingerprint density at radius 2 is 1.84 bits per heavy atom. The van der Waals surface area contributed by atoms with Gasteiger partial charge in [0.2, 0.25) is 0 Å². The van der Waals surface area contributed by atoms with Crippen molar-refractivity contribution in [2.24, 2.45) is 11.8 Å². The highest BCUT2D eigenvalue weighted by molar-refractivity contribution is 7.91. The third-order valence-corrected chi connectivity index (χ3v) is 5.88. The van der Waals surface area contributed by atoms with Crippen molar-refractivity contribution >= 4 is 9.84 Å². The van der Waals surface area contributed by atoms with E-state index in [1.54, 1.807) is 0 Å². The minimum atomic E-state index is -2.81. The van der Waals surface area contributed by atoms with Crippen molar-refractivity contribution in [1.82, 2.24) is 10.2 Å². The molecular formula is C14H30N2O2S. The van der Waals surface area contributed by atoms with Crippen LogP contribution in [0.5, 0.6) is 0 Å². The first kappa shape index (κ1) is 16.9. The Kier molecular flexibility index (Phi) is 6.27. The van der Waals surface area contributed by atoms with Gasteiger partial charge < -0.3 is 5.32 Å². The summed E-state index contributed by atoms with van der Waals surface area (Å²) in [5.74, 6) is 1.82. The van der Waals surface area contributed by atoms with E-state index < -0.39 is 9.84 Å². The number of nitrogens with one attached hydrogen (secondary N) is 1. The summed E-state index contributed by atoms with van der Waals surface area (Å²) in [6.45, 7) is 13.6. The molecule has 0 spiro atoms. The van der Waals surface area contributed by atoms with Gasteiger partial charge in [0.05, 0.1) is 11.5 Å². The number of hydrogen-bond acceptors (Lipinski definition) is 4. The summed E-state index contributed by atoms with van der Waals surface area (Å²) < 4.78 is 23.2. The van der Waals surface area contributed by atoms with Gasteiger partial charge in [0.15, 0.2) is 9.84 Å². The van der Waals surface area contributed by atoms with Crippen LogP contribution in [0.4, 0.5) is 0 Å². The SMILES string of the molecule is CC(C)CNCC(C)C(C)N1CCS(=O)(=O)CC1C. The third kappa shape index (κ3) is 5.40. The lowest BCUT2D eigenvalue weighted by Crippen LogP contribution is -2.53. The smallest absolute Gasteiger partial charge is 0.153 e. The second-order valence-corrected chi connectivity index (χ2v) is 8.70. The average molecular weight is 290 g/mol. The van der Waals surface area contributed by atoms with E-state index in [1.807, 2.05) is 6.92 Å². The summed E-state index contributed by atoms with van der Waals surface area (Å²) in [7, 11) is -2.81. The Morgan fingerprint density at radius 3 is 2.37 bits per heavy atom. The number of nitrogens with zero attached hydrogens (tertiary/aromatic N) is 1. The molecule has 19 heavy (non-hydrogen) atoms. The fourth-order valence-corrected chi connectivity index (χ4v) is 4.30. The molecule has 0 bridgehead atoms. The highest BCUT2D eigenvalue weighted by Crippen LogP contribution is 2.19. The quantitative estimate of drug-likeness (QED) is 0.803. The van der Waals surface area contributed by atoms with Crippen molar-refractivity contribution < 1.29 is 8.42 Å². The van der Waals surface area contributed by atoms with Crippen molar-refractivity contribution in [3.05, 3.63) is 0 Å². The molecule has 0 aromatic heterocycles. The van der Waals surface area contributed by atoms with Gasteiger partial charge in [-0.25, -0.2) is 8.42 Å². The van der Waals surface area contributed by atoms with Crippen molar-refractivity contribution in [2.45, 2.75) is 46.7 Å². The third-order valence-electron chi connectivity index (χ3n) is 4.09. The van der Waals surface area contributed by atoms with Crippen molar-refractivity contribution in [2.75, 3.05) is 31.1 Å². The maximum atomic E-state index is 11.6. The topological polar surface area (TPSA) is 49.4 Å². The monoisotopic (exact) mass is 290 g/mol. The van der Waals surface area contributed by atoms with Crippen molar-refractivity contribution in [1.29, 1.82) is 0 Å². The maximum Gasteiger partial charge on any atom is 0.153 e. The molecule has 0 aromatic rings. The Balaban J connectivity index is 2.46. The summed E-state index contributed by atoms with van der Waals surface area (Å²) in [6, 6.07) is 0.562. The van der Waals surface area contributed by atoms with E-state index in [4.69, 9.17) is 0 Å². The van der Waals surface area contributed by atoms with Gasteiger partial charge in [-0.2, -0.15) is 0 Å². The van der Waals surface area contributed by atoms with E-state index in [-0.39, 0.29) is 6.04 Å². The van der Waals surface area contributed by atoms with E-state index >= 15 is 0 Å². The molecule has 0 aliphatic carbocycles. The van der Waals surface area contributed by atoms with Crippen molar-refractivity contribution in [3.8, 4) is 0 Å². The Morgan fingerprint density at radius 1 is 1.21 bits per heavy atom. The van der Waals surface area contributed by atoms with Gasteiger partial charge in [-0.05, 0) is 38.8 Å². The van der Waals surface area contributed by atoms with Crippen LogP contribution in [0.15, 0.2) is 0 Å². The Hall–Kier alpha value is -0.130. The van der Waals surface area contributed by atoms with E-state index in [9.17, 15) is 8.42 Å². The minimum absolute atomic E-state index is 0.140. The molecule has 0 saturated carbocycles. The van der Waals surface area contributed by atoms with Crippen LogP contribution in [-0.2, 0) is 9.84 Å². The molecule has 1 fully saturated rings. The summed E-state index contributed by atoms with van der Waals surface area (Å²) in [5.41, 5.74) is 0. The molecule has 5 heteroatoms. The molecule has 3 unspecified atom stereocenters. The zero-order valence-corrected chi connectivity index (χ0v) is 13.8. The highest BCUT2D eigenvalue weighted by atomic mass is 32.2.